The summed E-state index contributed by atoms with van der Waals surface area (Å²) < 4.78 is 23.6. The van der Waals surface area contributed by atoms with Gasteiger partial charge in [0, 0.05) is 74.2 Å². The number of hydrazone groups is 1. The van der Waals surface area contributed by atoms with E-state index in [2.05, 4.69) is 10.4 Å². The number of methoxy groups -OCH3 is 1. The normalized spacial score (nSPS) is 30.1. The van der Waals surface area contributed by atoms with Crippen molar-refractivity contribution >= 4 is 40.3 Å². The summed E-state index contributed by atoms with van der Waals surface area (Å²) >= 11 is 0. The van der Waals surface area contributed by atoms with Crippen molar-refractivity contribution in [3.8, 4) is 23.0 Å². The number of aliphatic hydroxyl groups excluding tert-OH is 2. The minimum absolute atomic E-state index is 0.0556. The number of ketones is 1. The first-order chi connectivity index (χ1) is 27.8. The zero-order valence-corrected chi connectivity index (χ0v) is 35.9. The predicted octanol–water partition coefficient (Wildman–Crippen LogP) is 6.21. The predicted molar refractivity (Wildman–Crippen MR) is 224 cm³/mol. The summed E-state index contributed by atoms with van der Waals surface area (Å²) in [7, 11) is 1.44. The lowest BCUT2D eigenvalue weighted by atomic mass is 9.78. The zero-order valence-electron chi connectivity index (χ0n) is 35.9. The Morgan fingerprint density at radius 3 is 2.19 bits per heavy atom. The number of nitrogens with zero attached hydrogens (tertiary/aromatic N) is 2. The highest BCUT2D eigenvalue weighted by molar-refractivity contribution is 6.23. The molecule has 3 heterocycles. The largest absolute Gasteiger partial charge is 0.507 e. The molecule has 5 rings (SSSR count). The fourth-order valence-corrected chi connectivity index (χ4v) is 7.76. The number of fused-ring (bicyclic) bond motifs is 14. The lowest BCUT2D eigenvalue weighted by Crippen LogP contribution is -2.46. The maximum absolute atomic E-state index is 14.4. The molecule has 0 saturated carbocycles. The monoisotopic (exact) mass is 823 g/mol. The molecule has 0 aliphatic carbocycles. The maximum Gasteiger partial charge on any atom is 0.312 e. The van der Waals surface area contributed by atoms with Crippen molar-refractivity contribution in [1.82, 2.24) is 5.01 Å². The summed E-state index contributed by atoms with van der Waals surface area (Å²) in [6, 6.07) is 0. The SMILES string of the molecule is CCCN(CCC)N=Cc1c2c(O)c3c(O)c(C)c4c(c3c1O)C(=O)[C@@](C)(O/C=C/[C@H](OC)[C@@H](C)[C@@H](OC(C)=O)[C@H](C)[C@H](O)[C@H](C)[C@@H](O)[C@H](C)/C=C/C=C(/C)C(=O)N2)O4. The number of ether oxygens (including phenoxy) is 4. The number of benzene rings is 2. The summed E-state index contributed by atoms with van der Waals surface area (Å²) in [5.41, 5.74) is -0.354. The third-order valence-corrected chi connectivity index (χ3v) is 11.3. The summed E-state index contributed by atoms with van der Waals surface area (Å²) in [5.74, 6) is -8.35. The maximum atomic E-state index is 14.4. The fraction of sp³-hybridized carbons (Fsp3) is 0.545. The van der Waals surface area contributed by atoms with Gasteiger partial charge in [-0.05, 0) is 32.8 Å². The Bertz CT molecular complexity index is 2020. The van der Waals surface area contributed by atoms with Crippen LogP contribution in [0.1, 0.15) is 96.6 Å². The van der Waals surface area contributed by atoms with Gasteiger partial charge in [-0.1, -0.05) is 59.8 Å². The molecule has 1 amide bonds. The summed E-state index contributed by atoms with van der Waals surface area (Å²) in [6.45, 7) is 17.6. The van der Waals surface area contributed by atoms with Gasteiger partial charge < -0.3 is 49.8 Å². The molecule has 324 valence electrons. The molecule has 15 nitrogen and oxygen atoms in total. The second-order valence-corrected chi connectivity index (χ2v) is 15.8. The molecule has 0 radical (unpaired) electrons. The molecule has 0 spiro atoms. The van der Waals surface area contributed by atoms with Gasteiger partial charge in [-0.15, -0.1) is 0 Å². The van der Waals surface area contributed by atoms with Crippen molar-refractivity contribution in [3.63, 3.8) is 0 Å². The lowest BCUT2D eigenvalue weighted by molar-refractivity contribution is -0.160. The van der Waals surface area contributed by atoms with Crippen LogP contribution in [0.3, 0.4) is 0 Å². The van der Waals surface area contributed by atoms with Gasteiger partial charge in [-0.2, -0.15) is 5.10 Å². The molecule has 2 aromatic rings. The van der Waals surface area contributed by atoms with E-state index in [1.165, 1.54) is 59.4 Å². The van der Waals surface area contributed by atoms with Crippen LogP contribution in [0.15, 0.2) is 41.2 Å². The van der Waals surface area contributed by atoms with Gasteiger partial charge in [0.05, 0.1) is 53.0 Å². The van der Waals surface area contributed by atoms with E-state index in [0.717, 1.165) is 12.8 Å². The highest BCUT2D eigenvalue weighted by Gasteiger charge is 2.50. The number of aromatic hydroxyl groups is 3. The van der Waals surface area contributed by atoms with Crippen molar-refractivity contribution in [1.29, 1.82) is 0 Å². The Morgan fingerprint density at radius 2 is 1.59 bits per heavy atom. The first-order valence-corrected chi connectivity index (χ1v) is 20.1. The minimum atomic E-state index is -2.04. The highest BCUT2D eigenvalue weighted by Crippen LogP contribution is 2.55. The Morgan fingerprint density at radius 1 is 0.949 bits per heavy atom. The van der Waals surface area contributed by atoms with Gasteiger partial charge in [0.15, 0.2) is 5.75 Å². The number of allylic oxidation sites excluding steroid dienone is 2. The lowest BCUT2D eigenvalue weighted by Gasteiger charge is -2.38. The molecular weight excluding hydrogens is 762 g/mol. The summed E-state index contributed by atoms with van der Waals surface area (Å²) in [6.07, 6.45) is 6.38. The van der Waals surface area contributed by atoms with Crippen LogP contribution in [0.2, 0.25) is 0 Å². The molecule has 15 heteroatoms. The van der Waals surface area contributed by atoms with E-state index in [1.807, 2.05) is 13.8 Å². The van der Waals surface area contributed by atoms with Crippen molar-refractivity contribution in [3.05, 3.63) is 52.8 Å². The zero-order chi connectivity index (χ0) is 44.1. The Balaban J connectivity index is 2.00. The molecule has 9 atom stereocenters. The number of hydrogen-bond acceptors (Lipinski definition) is 14. The van der Waals surface area contributed by atoms with Crippen LogP contribution in [0.5, 0.6) is 23.0 Å². The molecule has 59 heavy (non-hydrogen) atoms. The smallest absolute Gasteiger partial charge is 0.312 e. The van der Waals surface area contributed by atoms with Crippen molar-refractivity contribution < 1.29 is 58.9 Å². The van der Waals surface area contributed by atoms with Crippen LogP contribution < -0.4 is 10.1 Å². The van der Waals surface area contributed by atoms with Crippen LogP contribution in [-0.2, 0) is 23.8 Å². The van der Waals surface area contributed by atoms with E-state index < -0.39 is 88.8 Å². The van der Waals surface area contributed by atoms with E-state index in [-0.39, 0.29) is 44.5 Å². The Labute approximate surface area is 346 Å². The third kappa shape index (κ3) is 9.53. The van der Waals surface area contributed by atoms with E-state index in [4.69, 9.17) is 18.9 Å². The number of rotatable bonds is 8. The molecule has 3 aliphatic heterocycles. The quantitative estimate of drug-likeness (QED) is 0.0575. The van der Waals surface area contributed by atoms with Crippen LogP contribution in [-0.4, -0.2) is 105 Å². The summed E-state index contributed by atoms with van der Waals surface area (Å²) in [4.78, 5) is 40.5. The molecule has 0 saturated heterocycles. The number of phenols is 3. The number of phenolic OH excluding ortho intramolecular Hbond substituents is 3. The number of amides is 1. The average Bonchev–Trinajstić information content (AvgIpc) is 3.46. The number of anilines is 1. The number of hydrogen-bond donors (Lipinski definition) is 6. The van der Waals surface area contributed by atoms with Gasteiger partial charge in [0.1, 0.15) is 23.4 Å². The third-order valence-electron chi connectivity index (χ3n) is 11.3. The number of carbonyl (C=O) groups excluding carboxylic acids is 3. The standard InChI is InChI=1S/C44H61N3O12/c1-12-18-47(19-13-2)45-21-29-34-39(53)32-31(38(29)52)33-41(27(8)37(32)51)59-44(10,42(33)54)57-20-17-30(56-11)24(5)40(58-28(9)48)26(7)36(50)25(6)35(49)22(3)15-14-16-23(4)43(55)46-34/h14-17,20-22,24-26,30,35-36,40,49-53H,12-13,18-19H2,1-11H3,(H,46,55)/b15-14+,20-17+,23-16-,45-21?/t22-,24-,25-,26-,30+,35+,36-,40-,44+/m1/s1. The molecule has 3 aliphatic rings. The number of esters is 1. The minimum Gasteiger partial charge on any atom is -0.507 e. The van der Waals surface area contributed by atoms with Crippen LogP contribution >= 0.6 is 0 Å². The van der Waals surface area contributed by atoms with Gasteiger partial charge in [0.25, 0.3) is 11.7 Å². The number of nitrogens with one attached hydrogen (secondary N) is 1. The van der Waals surface area contributed by atoms with Crippen LogP contribution in [0, 0.1) is 30.6 Å². The van der Waals surface area contributed by atoms with Crippen molar-refractivity contribution in [2.45, 2.75) is 112 Å². The Kier molecular flexibility index (Phi) is 15.2. The van der Waals surface area contributed by atoms with Gasteiger partial charge >= 0.3 is 11.8 Å². The van der Waals surface area contributed by atoms with Crippen LogP contribution in [0.4, 0.5) is 5.69 Å². The highest BCUT2D eigenvalue weighted by atomic mass is 16.7. The molecule has 0 fully saturated rings. The fourth-order valence-electron chi connectivity index (χ4n) is 7.76. The average molecular weight is 824 g/mol. The first-order valence-electron chi connectivity index (χ1n) is 20.1. The van der Waals surface area contributed by atoms with E-state index in [0.29, 0.717) is 13.1 Å². The topological polar surface area (TPSA) is 217 Å². The number of Topliss-reactive ketones (excluding diaryl/α,β-unsaturated/α-hetero) is 1. The Hall–Kier alpha value is -5.12. The molecule has 2 aromatic carbocycles. The van der Waals surface area contributed by atoms with E-state index in [1.54, 1.807) is 44.9 Å². The number of carbonyl (C=O) groups is 3. The molecule has 0 aromatic heterocycles. The van der Waals surface area contributed by atoms with Gasteiger partial charge in [0.2, 0.25) is 0 Å². The second-order valence-electron chi connectivity index (χ2n) is 15.8. The molecule has 5 bridgehead atoms. The molecule has 0 unspecified atom stereocenters. The van der Waals surface area contributed by atoms with E-state index in [9.17, 15) is 39.9 Å². The summed E-state index contributed by atoms with van der Waals surface area (Å²) in [5, 5.41) is 66.9. The molecular formula is C44H61N3O12. The van der Waals surface area contributed by atoms with Gasteiger partial charge in [-0.3, -0.25) is 19.4 Å². The van der Waals surface area contributed by atoms with Gasteiger partial charge in [-0.25, -0.2) is 0 Å². The first kappa shape index (κ1) is 46.6. The number of aliphatic hydroxyl groups is 2. The second kappa shape index (κ2) is 19.3. The van der Waals surface area contributed by atoms with Crippen molar-refractivity contribution in [2.75, 3.05) is 25.5 Å². The molecule has 6 N–H and O–H groups in total. The van der Waals surface area contributed by atoms with Crippen molar-refractivity contribution in [2.24, 2.45) is 28.8 Å². The van der Waals surface area contributed by atoms with Crippen LogP contribution in [0.25, 0.3) is 10.8 Å². The van der Waals surface area contributed by atoms with E-state index >= 15 is 0 Å².